The van der Waals surface area contributed by atoms with Crippen molar-refractivity contribution in [2.45, 2.75) is 13.0 Å². The number of H-pyrrole nitrogens is 1. The van der Waals surface area contributed by atoms with Crippen LogP contribution in [-0.2, 0) is 0 Å². The highest BCUT2D eigenvalue weighted by Crippen LogP contribution is 2.07. The number of pyridine rings is 1. The average Bonchev–Trinajstić information content (AvgIpc) is 2.82. The lowest BCUT2D eigenvalue weighted by atomic mass is 10.2. The van der Waals surface area contributed by atoms with Gasteiger partial charge in [0.2, 0.25) is 0 Å². The fraction of sp³-hybridized carbons (Fsp3) is 0.222. The van der Waals surface area contributed by atoms with Gasteiger partial charge in [0.1, 0.15) is 5.82 Å². The van der Waals surface area contributed by atoms with Crippen LogP contribution in [0.1, 0.15) is 29.1 Å². The highest BCUT2D eigenvalue weighted by atomic mass is 16.1. The van der Waals surface area contributed by atoms with Gasteiger partial charge in [-0.1, -0.05) is 5.21 Å². The van der Waals surface area contributed by atoms with E-state index >= 15 is 0 Å². The molecule has 17 heavy (non-hydrogen) atoms. The van der Waals surface area contributed by atoms with Crippen LogP contribution in [0.5, 0.6) is 0 Å². The first-order valence-corrected chi connectivity index (χ1v) is 4.92. The van der Waals surface area contributed by atoms with Gasteiger partial charge in [-0.3, -0.25) is 4.79 Å². The standard InChI is InChI=1S/C9H11N7O/c1-5(8-13-15-16-14-8)12-9(17)6-2-3-11-7(10)4-6/h2-5H,1H3,(H2,10,11)(H,12,17)(H,13,14,15,16). The number of carbonyl (C=O) groups is 1. The molecule has 4 N–H and O–H groups in total. The van der Waals surface area contributed by atoms with Crippen LogP contribution in [0.2, 0.25) is 0 Å². The summed E-state index contributed by atoms with van der Waals surface area (Å²) in [4.78, 5) is 15.6. The molecule has 8 nitrogen and oxygen atoms in total. The number of rotatable bonds is 3. The fourth-order valence-electron chi connectivity index (χ4n) is 1.29. The average molecular weight is 233 g/mol. The van der Waals surface area contributed by atoms with Crippen molar-refractivity contribution in [1.29, 1.82) is 0 Å². The number of anilines is 1. The molecule has 0 saturated heterocycles. The maximum atomic E-state index is 11.8. The Kier molecular flexibility index (Phi) is 2.95. The van der Waals surface area contributed by atoms with Gasteiger partial charge in [0.05, 0.1) is 6.04 Å². The van der Waals surface area contributed by atoms with Crippen molar-refractivity contribution in [3.05, 3.63) is 29.7 Å². The molecule has 8 heteroatoms. The molecule has 0 aliphatic heterocycles. The number of amides is 1. The van der Waals surface area contributed by atoms with Crippen molar-refractivity contribution < 1.29 is 4.79 Å². The van der Waals surface area contributed by atoms with Gasteiger partial charge in [-0.2, -0.15) is 5.21 Å². The second-order valence-electron chi connectivity index (χ2n) is 3.43. The molecule has 2 rings (SSSR count). The zero-order chi connectivity index (χ0) is 12.3. The van der Waals surface area contributed by atoms with Crippen molar-refractivity contribution in [2.75, 3.05) is 5.73 Å². The number of nitrogens with one attached hydrogen (secondary N) is 2. The predicted molar refractivity (Wildman–Crippen MR) is 58.7 cm³/mol. The molecule has 0 spiro atoms. The molecule has 0 radical (unpaired) electrons. The molecule has 0 aliphatic rings. The van der Waals surface area contributed by atoms with Gasteiger partial charge in [0.25, 0.3) is 5.91 Å². The molecule has 88 valence electrons. The first kappa shape index (κ1) is 11.0. The minimum absolute atomic E-state index is 0.267. The predicted octanol–water partition coefficient (Wildman–Crippen LogP) is -0.332. The first-order chi connectivity index (χ1) is 8.16. The second-order valence-corrected chi connectivity index (χ2v) is 3.43. The van der Waals surface area contributed by atoms with Crippen LogP contribution in [0.25, 0.3) is 0 Å². The van der Waals surface area contributed by atoms with Gasteiger partial charge in [-0.05, 0) is 19.1 Å². The Morgan fingerprint density at radius 2 is 2.41 bits per heavy atom. The summed E-state index contributed by atoms with van der Waals surface area (Å²) >= 11 is 0. The number of tetrazole rings is 1. The number of nitrogens with two attached hydrogens (primary N) is 1. The maximum Gasteiger partial charge on any atom is 0.252 e. The van der Waals surface area contributed by atoms with Crippen LogP contribution < -0.4 is 11.1 Å². The van der Waals surface area contributed by atoms with Crippen LogP contribution in [0.3, 0.4) is 0 Å². The Labute approximate surface area is 96.6 Å². The second kappa shape index (κ2) is 4.56. The lowest BCUT2D eigenvalue weighted by molar-refractivity contribution is 0.0938. The molecule has 1 atom stereocenters. The summed E-state index contributed by atoms with van der Waals surface area (Å²) in [6, 6.07) is 2.74. The van der Waals surface area contributed by atoms with E-state index in [9.17, 15) is 4.79 Å². The minimum atomic E-state index is -0.337. The zero-order valence-corrected chi connectivity index (χ0v) is 9.08. The van der Waals surface area contributed by atoms with E-state index in [0.29, 0.717) is 17.2 Å². The SMILES string of the molecule is CC(NC(=O)c1ccnc(N)c1)c1nn[nH]n1. The fourth-order valence-corrected chi connectivity index (χ4v) is 1.29. The normalized spacial score (nSPS) is 12.1. The Morgan fingerprint density at radius 1 is 1.59 bits per heavy atom. The minimum Gasteiger partial charge on any atom is -0.384 e. The summed E-state index contributed by atoms with van der Waals surface area (Å²) in [5.74, 6) is 0.446. The Bertz CT molecular complexity index is 510. The van der Waals surface area contributed by atoms with E-state index in [1.54, 1.807) is 13.0 Å². The van der Waals surface area contributed by atoms with Crippen molar-refractivity contribution in [3.8, 4) is 0 Å². The largest absolute Gasteiger partial charge is 0.384 e. The lowest BCUT2D eigenvalue weighted by Gasteiger charge is -2.09. The third-order valence-electron chi connectivity index (χ3n) is 2.14. The molecule has 2 aromatic heterocycles. The van der Waals surface area contributed by atoms with Crippen LogP contribution in [0.4, 0.5) is 5.82 Å². The Morgan fingerprint density at radius 3 is 3.06 bits per heavy atom. The molecule has 1 amide bonds. The Hall–Kier alpha value is -2.51. The van der Waals surface area contributed by atoms with Crippen LogP contribution in [-0.4, -0.2) is 31.5 Å². The topological polar surface area (TPSA) is 122 Å². The third-order valence-corrected chi connectivity index (χ3v) is 2.14. The molecule has 0 saturated carbocycles. The monoisotopic (exact) mass is 233 g/mol. The number of nitrogens with zero attached hydrogens (tertiary/aromatic N) is 4. The summed E-state index contributed by atoms with van der Waals surface area (Å²) in [5, 5.41) is 16.0. The molecular weight excluding hydrogens is 222 g/mol. The molecule has 1 unspecified atom stereocenters. The van der Waals surface area contributed by atoms with E-state index < -0.39 is 0 Å². The van der Waals surface area contributed by atoms with E-state index in [0.717, 1.165) is 0 Å². The zero-order valence-electron chi connectivity index (χ0n) is 9.08. The first-order valence-electron chi connectivity index (χ1n) is 4.92. The molecule has 0 aliphatic carbocycles. The van der Waals surface area contributed by atoms with Crippen molar-refractivity contribution in [1.82, 2.24) is 30.9 Å². The number of hydrogen-bond donors (Lipinski definition) is 3. The number of carbonyl (C=O) groups excluding carboxylic acids is 1. The number of hydrogen-bond acceptors (Lipinski definition) is 6. The molecular formula is C9H11N7O. The van der Waals surface area contributed by atoms with Gasteiger partial charge in [0, 0.05) is 11.8 Å². The van der Waals surface area contributed by atoms with E-state index in [2.05, 4.69) is 30.9 Å². The van der Waals surface area contributed by atoms with Gasteiger partial charge in [-0.15, -0.1) is 10.2 Å². The summed E-state index contributed by atoms with van der Waals surface area (Å²) in [6.07, 6.45) is 1.48. The van der Waals surface area contributed by atoms with Crippen LogP contribution >= 0.6 is 0 Å². The summed E-state index contributed by atoms with van der Waals surface area (Å²) in [5.41, 5.74) is 5.93. The molecule has 2 aromatic rings. The van der Waals surface area contributed by atoms with Crippen LogP contribution in [0.15, 0.2) is 18.3 Å². The summed E-state index contributed by atoms with van der Waals surface area (Å²) in [6.45, 7) is 1.76. The smallest absolute Gasteiger partial charge is 0.252 e. The summed E-state index contributed by atoms with van der Waals surface area (Å²) in [7, 11) is 0. The highest BCUT2D eigenvalue weighted by Gasteiger charge is 2.14. The number of aromatic amines is 1. The lowest BCUT2D eigenvalue weighted by Crippen LogP contribution is -2.27. The van der Waals surface area contributed by atoms with Gasteiger partial charge >= 0.3 is 0 Å². The molecule has 2 heterocycles. The number of aromatic nitrogens is 5. The van der Waals surface area contributed by atoms with Gasteiger partial charge in [0.15, 0.2) is 5.82 Å². The summed E-state index contributed by atoms with van der Waals surface area (Å²) < 4.78 is 0. The van der Waals surface area contributed by atoms with Crippen LogP contribution in [0, 0.1) is 0 Å². The van der Waals surface area contributed by atoms with E-state index in [1.165, 1.54) is 12.3 Å². The van der Waals surface area contributed by atoms with Gasteiger partial charge in [-0.25, -0.2) is 4.98 Å². The van der Waals surface area contributed by atoms with Gasteiger partial charge < -0.3 is 11.1 Å². The number of nitrogen functional groups attached to an aromatic ring is 1. The van der Waals surface area contributed by atoms with E-state index in [-0.39, 0.29) is 11.9 Å². The quantitative estimate of drug-likeness (QED) is 0.667. The highest BCUT2D eigenvalue weighted by molar-refractivity contribution is 5.94. The molecule has 0 fully saturated rings. The Balaban J connectivity index is 2.07. The van der Waals surface area contributed by atoms with Crippen molar-refractivity contribution in [2.24, 2.45) is 0 Å². The van der Waals surface area contributed by atoms with E-state index in [4.69, 9.17) is 5.73 Å². The third kappa shape index (κ3) is 2.54. The van der Waals surface area contributed by atoms with E-state index in [1.807, 2.05) is 0 Å². The van der Waals surface area contributed by atoms with Crippen molar-refractivity contribution in [3.63, 3.8) is 0 Å². The molecule has 0 aromatic carbocycles. The van der Waals surface area contributed by atoms with Crippen molar-refractivity contribution >= 4 is 11.7 Å². The molecule has 0 bridgehead atoms. The maximum absolute atomic E-state index is 11.8.